The van der Waals surface area contributed by atoms with Crippen molar-refractivity contribution in [3.8, 4) is 5.69 Å². The van der Waals surface area contributed by atoms with Crippen LogP contribution < -0.4 is 16.0 Å². The molecule has 2 rings (SSSR count). The molecule has 0 aliphatic carbocycles. The summed E-state index contributed by atoms with van der Waals surface area (Å²) in [5.41, 5.74) is -1.82. The van der Waals surface area contributed by atoms with Gasteiger partial charge in [0.05, 0.1) is 22.2 Å². The second-order valence-corrected chi connectivity index (χ2v) is 7.14. The second kappa shape index (κ2) is 6.17. The Morgan fingerprint density at radius 2 is 1.96 bits per heavy atom. The molecule has 0 saturated carbocycles. The molecular weight excluding hydrogens is 349 g/mol. The van der Waals surface area contributed by atoms with Gasteiger partial charge in [-0.15, -0.1) is 0 Å². The van der Waals surface area contributed by atoms with Crippen molar-refractivity contribution in [3.63, 3.8) is 0 Å². The molecule has 23 heavy (non-hydrogen) atoms. The van der Waals surface area contributed by atoms with Gasteiger partial charge in [-0.25, -0.2) is 22.2 Å². The second-order valence-electron chi connectivity index (χ2n) is 4.72. The molecule has 0 atom stereocenters. The number of aromatic amines is 1. The molecule has 0 radical (unpaired) electrons. The number of hydrogen-bond acceptors (Lipinski definition) is 4. The number of aryl methyl sites for hydroxylation is 1. The quantitative estimate of drug-likeness (QED) is 0.859. The molecule has 7 nitrogen and oxygen atoms in total. The molecule has 0 unspecified atom stereocenters. The Hall–Kier alpha value is -2.13. The molecular formula is C13H13ClFN3O4S. The first-order chi connectivity index (χ1) is 10.6. The minimum atomic E-state index is -3.66. The maximum absolute atomic E-state index is 14.1. The van der Waals surface area contributed by atoms with E-state index in [0.29, 0.717) is 10.3 Å². The Labute approximate surface area is 135 Å². The van der Waals surface area contributed by atoms with Crippen molar-refractivity contribution in [2.75, 3.05) is 10.5 Å². The standard InChI is InChI=1S/C13H13ClFN3O4S/c1-3-23(21,22)17-10-6-11(9(15)5-8(10)14)18-12(19)4-7(2)16-13(18)20/h4-6,17H,3H2,1-2H3,(H,16,20). The zero-order chi connectivity index (χ0) is 17.4. The van der Waals surface area contributed by atoms with Crippen LogP contribution >= 0.6 is 11.6 Å². The highest BCUT2D eigenvalue weighted by Crippen LogP contribution is 2.27. The van der Waals surface area contributed by atoms with E-state index in [1.54, 1.807) is 0 Å². The van der Waals surface area contributed by atoms with E-state index in [0.717, 1.165) is 18.2 Å². The molecule has 1 aromatic carbocycles. The van der Waals surface area contributed by atoms with Crippen molar-refractivity contribution in [1.82, 2.24) is 9.55 Å². The molecule has 10 heteroatoms. The van der Waals surface area contributed by atoms with Gasteiger partial charge in [-0.1, -0.05) is 11.6 Å². The van der Waals surface area contributed by atoms with E-state index in [-0.39, 0.29) is 16.5 Å². The molecule has 2 N–H and O–H groups in total. The summed E-state index contributed by atoms with van der Waals surface area (Å²) >= 11 is 5.82. The Bertz CT molecular complexity index is 950. The summed E-state index contributed by atoms with van der Waals surface area (Å²) in [5.74, 6) is -1.16. The molecule has 2 aromatic rings. The SMILES string of the molecule is CCS(=O)(=O)Nc1cc(-n2c(=O)cc(C)[nH]c2=O)c(F)cc1Cl. The van der Waals surface area contributed by atoms with Gasteiger partial charge in [-0.05, 0) is 26.0 Å². The van der Waals surface area contributed by atoms with Gasteiger partial charge in [0.2, 0.25) is 10.0 Å². The van der Waals surface area contributed by atoms with Crippen LogP contribution in [0.4, 0.5) is 10.1 Å². The van der Waals surface area contributed by atoms with E-state index >= 15 is 0 Å². The van der Waals surface area contributed by atoms with Crippen LogP contribution in [0.3, 0.4) is 0 Å². The number of H-pyrrole nitrogens is 1. The third-order valence-electron chi connectivity index (χ3n) is 2.99. The van der Waals surface area contributed by atoms with E-state index in [4.69, 9.17) is 11.6 Å². The number of anilines is 1. The van der Waals surface area contributed by atoms with Gasteiger partial charge in [0.15, 0.2) is 0 Å². The van der Waals surface area contributed by atoms with Crippen molar-refractivity contribution in [2.45, 2.75) is 13.8 Å². The van der Waals surface area contributed by atoms with Crippen molar-refractivity contribution >= 4 is 27.3 Å². The third kappa shape index (κ3) is 3.62. The highest BCUT2D eigenvalue weighted by molar-refractivity contribution is 7.92. The molecule has 0 aliphatic rings. The average Bonchev–Trinajstić information content (AvgIpc) is 2.42. The summed E-state index contributed by atoms with van der Waals surface area (Å²) in [6.07, 6.45) is 0. The van der Waals surface area contributed by atoms with Crippen molar-refractivity contribution in [1.29, 1.82) is 0 Å². The summed E-state index contributed by atoms with van der Waals surface area (Å²) in [6.45, 7) is 2.92. The number of nitrogens with one attached hydrogen (secondary N) is 2. The fourth-order valence-corrected chi connectivity index (χ4v) is 2.77. The normalized spacial score (nSPS) is 11.5. The fraction of sp³-hybridized carbons (Fsp3) is 0.231. The van der Waals surface area contributed by atoms with Crippen LogP contribution in [0.1, 0.15) is 12.6 Å². The highest BCUT2D eigenvalue weighted by atomic mass is 35.5. The Kier molecular flexibility index (Phi) is 4.62. The number of nitrogens with zero attached hydrogens (tertiary/aromatic N) is 1. The van der Waals surface area contributed by atoms with Gasteiger partial charge in [0.25, 0.3) is 5.56 Å². The van der Waals surface area contributed by atoms with Crippen LogP contribution in [-0.2, 0) is 10.0 Å². The number of sulfonamides is 1. The maximum atomic E-state index is 14.1. The van der Waals surface area contributed by atoms with Crippen LogP contribution in [0.2, 0.25) is 5.02 Å². The summed E-state index contributed by atoms with van der Waals surface area (Å²) in [7, 11) is -3.66. The number of benzene rings is 1. The smallest absolute Gasteiger partial charge is 0.311 e. The van der Waals surface area contributed by atoms with E-state index in [9.17, 15) is 22.4 Å². The van der Waals surface area contributed by atoms with Crippen molar-refractivity contribution in [2.24, 2.45) is 0 Å². The van der Waals surface area contributed by atoms with Gasteiger partial charge in [0.1, 0.15) is 5.82 Å². The molecule has 0 amide bonds. The Balaban J connectivity index is 2.71. The number of aromatic nitrogens is 2. The van der Waals surface area contributed by atoms with Crippen LogP contribution in [0, 0.1) is 12.7 Å². The molecule has 1 aromatic heterocycles. The maximum Gasteiger partial charge on any atom is 0.333 e. The number of rotatable bonds is 4. The van der Waals surface area contributed by atoms with E-state index in [1.165, 1.54) is 13.8 Å². The van der Waals surface area contributed by atoms with Crippen LogP contribution in [-0.4, -0.2) is 23.7 Å². The van der Waals surface area contributed by atoms with Crippen molar-refractivity contribution < 1.29 is 12.8 Å². The minimum absolute atomic E-state index is 0.128. The lowest BCUT2D eigenvalue weighted by atomic mass is 10.2. The summed E-state index contributed by atoms with van der Waals surface area (Å²) in [5, 5.41) is -0.195. The molecule has 0 bridgehead atoms. The van der Waals surface area contributed by atoms with E-state index < -0.39 is 32.8 Å². The summed E-state index contributed by atoms with van der Waals surface area (Å²) < 4.78 is 40.1. The summed E-state index contributed by atoms with van der Waals surface area (Å²) in [4.78, 5) is 26.2. The Morgan fingerprint density at radius 3 is 2.52 bits per heavy atom. The first-order valence-corrected chi connectivity index (χ1v) is 8.50. The molecule has 1 heterocycles. The van der Waals surface area contributed by atoms with Gasteiger partial charge in [-0.3, -0.25) is 9.52 Å². The fourth-order valence-electron chi connectivity index (χ4n) is 1.87. The molecule has 0 aliphatic heterocycles. The number of hydrogen-bond donors (Lipinski definition) is 2. The lowest BCUT2D eigenvalue weighted by Crippen LogP contribution is -2.34. The third-order valence-corrected chi connectivity index (χ3v) is 4.59. The van der Waals surface area contributed by atoms with Crippen LogP contribution in [0.5, 0.6) is 0 Å². The molecule has 0 spiro atoms. The van der Waals surface area contributed by atoms with Crippen molar-refractivity contribution in [3.05, 3.63) is 55.6 Å². The van der Waals surface area contributed by atoms with Gasteiger partial charge >= 0.3 is 5.69 Å². The Morgan fingerprint density at radius 1 is 1.30 bits per heavy atom. The predicted molar refractivity (Wildman–Crippen MR) is 85.4 cm³/mol. The lowest BCUT2D eigenvalue weighted by Gasteiger charge is -2.12. The number of halogens is 2. The van der Waals surface area contributed by atoms with Crippen LogP contribution in [0.15, 0.2) is 27.8 Å². The van der Waals surface area contributed by atoms with E-state index in [1.807, 2.05) is 0 Å². The zero-order valence-electron chi connectivity index (χ0n) is 12.2. The minimum Gasteiger partial charge on any atom is -0.311 e. The zero-order valence-corrected chi connectivity index (χ0v) is 13.8. The topological polar surface area (TPSA) is 101 Å². The molecule has 0 saturated heterocycles. The largest absolute Gasteiger partial charge is 0.333 e. The summed E-state index contributed by atoms with van der Waals surface area (Å²) in [6, 6.07) is 2.94. The molecule has 0 fully saturated rings. The lowest BCUT2D eigenvalue weighted by molar-refractivity contribution is 0.601. The van der Waals surface area contributed by atoms with Gasteiger partial charge < -0.3 is 4.98 Å². The average molecular weight is 362 g/mol. The van der Waals surface area contributed by atoms with Crippen LogP contribution in [0.25, 0.3) is 5.69 Å². The predicted octanol–water partition coefficient (Wildman–Crippen LogP) is 1.39. The molecule has 124 valence electrons. The highest BCUT2D eigenvalue weighted by Gasteiger charge is 2.17. The van der Waals surface area contributed by atoms with Gasteiger partial charge in [-0.2, -0.15) is 0 Å². The first-order valence-electron chi connectivity index (χ1n) is 6.47. The monoisotopic (exact) mass is 361 g/mol. The van der Waals surface area contributed by atoms with E-state index in [2.05, 4.69) is 9.71 Å². The van der Waals surface area contributed by atoms with Gasteiger partial charge in [0, 0.05) is 11.8 Å². The first kappa shape index (κ1) is 17.2.